The SMILES string of the molecule is CCC1CC(C)C(C)(C)N1O. The van der Waals surface area contributed by atoms with Gasteiger partial charge >= 0.3 is 0 Å². The molecule has 11 heavy (non-hydrogen) atoms. The molecule has 1 saturated heterocycles. The molecule has 1 fully saturated rings. The van der Waals surface area contributed by atoms with E-state index in [2.05, 4.69) is 27.7 Å². The van der Waals surface area contributed by atoms with Crippen LogP contribution in [0.4, 0.5) is 0 Å². The highest BCUT2D eigenvalue weighted by atomic mass is 16.5. The van der Waals surface area contributed by atoms with E-state index in [4.69, 9.17) is 0 Å². The van der Waals surface area contributed by atoms with Crippen molar-refractivity contribution in [2.75, 3.05) is 0 Å². The Morgan fingerprint density at radius 1 is 1.55 bits per heavy atom. The van der Waals surface area contributed by atoms with Crippen molar-refractivity contribution in [1.82, 2.24) is 5.06 Å². The zero-order chi connectivity index (χ0) is 8.65. The highest BCUT2D eigenvalue weighted by Gasteiger charge is 2.43. The van der Waals surface area contributed by atoms with E-state index in [1.807, 2.05) is 0 Å². The monoisotopic (exact) mass is 157 g/mol. The maximum atomic E-state index is 9.72. The quantitative estimate of drug-likeness (QED) is 0.631. The van der Waals surface area contributed by atoms with Gasteiger partial charge in [0.15, 0.2) is 0 Å². The maximum Gasteiger partial charge on any atom is 0.0433 e. The summed E-state index contributed by atoms with van der Waals surface area (Å²) in [5.41, 5.74) is -0.0271. The van der Waals surface area contributed by atoms with Gasteiger partial charge in [-0.15, -0.1) is 0 Å². The van der Waals surface area contributed by atoms with Crippen LogP contribution in [0.2, 0.25) is 0 Å². The average Bonchev–Trinajstić information content (AvgIpc) is 2.14. The molecule has 1 aliphatic heterocycles. The highest BCUT2D eigenvalue weighted by molar-refractivity contribution is 4.94. The summed E-state index contributed by atoms with van der Waals surface area (Å²) in [4.78, 5) is 0. The van der Waals surface area contributed by atoms with Crippen LogP contribution in [-0.2, 0) is 0 Å². The van der Waals surface area contributed by atoms with Crippen molar-refractivity contribution in [1.29, 1.82) is 0 Å². The van der Waals surface area contributed by atoms with E-state index in [1.165, 1.54) is 5.06 Å². The summed E-state index contributed by atoms with van der Waals surface area (Å²) in [7, 11) is 0. The summed E-state index contributed by atoms with van der Waals surface area (Å²) in [6.07, 6.45) is 2.17. The van der Waals surface area contributed by atoms with Crippen LogP contribution < -0.4 is 0 Å². The van der Waals surface area contributed by atoms with Crippen molar-refractivity contribution < 1.29 is 5.21 Å². The van der Waals surface area contributed by atoms with Crippen LogP contribution in [0, 0.1) is 5.92 Å². The molecule has 1 aliphatic rings. The van der Waals surface area contributed by atoms with Crippen LogP contribution in [-0.4, -0.2) is 21.9 Å². The number of rotatable bonds is 1. The van der Waals surface area contributed by atoms with Crippen molar-refractivity contribution in [3.63, 3.8) is 0 Å². The van der Waals surface area contributed by atoms with Gasteiger partial charge in [0.1, 0.15) is 0 Å². The predicted molar refractivity (Wildman–Crippen MR) is 45.6 cm³/mol. The first-order valence-electron chi connectivity index (χ1n) is 4.48. The molecule has 0 saturated carbocycles. The Bertz CT molecular complexity index is 144. The van der Waals surface area contributed by atoms with Gasteiger partial charge in [0.25, 0.3) is 0 Å². The zero-order valence-corrected chi connectivity index (χ0v) is 7.96. The zero-order valence-electron chi connectivity index (χ0n) is 7.96. The Balaban J connectivity index is 2.71. The van der Waals surface area contributed by atoms with Gasteiger partial charge in [-0.05, 0) is 32.6 Å². The minimum Gasteiger partial charge on any atom is -0.313 e. The molecular formula is C9H19NO. The summed E-state index contributed by atoms with van der Waals surface area (Å²) in [5.74, 6) is 0.595. The molecule has 0 aromatic rings. The van der Waals surface area contributed by atoms with E-state index < -0.39 is 0 Å². The molecule has 0 bridgehead atoms. The molecule has 0 aromatic carbocycles. The van der Waals surface area contributed by atoms with Crippen molar-refractivity contribution in [2.45, 2.75) is 52.1 Å². The third-order valence-corrected chi connectivity index (χ3v) is 3.24. The first-order chi connectivity index (χ1) is 5.00. The average molecular weight is 157 g/mol. The highest BCUT2D eigenvalue weighted by Crippen LogP contribution is 2.37. The summed E-state index contributed by atoms with van der Waals surface area (Å²) in [6, 6.07) is 0.375. The molecule has 0 spiro atoms. The van der Waals surface area contributed by atoms with Gasteiger partial charge in [0, 0.05) is 11.6 Å². The van der Waals surface area contributed by atoms with Crippen molar-refractivity contribution in [3.05, 3.63) is 0 Å². The Morgan fingerprint density at radius 2 is 2.09 bits per heavy atom. The van der Waals surface area contributed by atoms with Gasteiger partial charge in [-0.3, -0.25) is 0 Å². The lowest BCUT2D eigenvalue weighted by atomic mass is 9.90. The van der Waals surface area contributed by atoms with Crippen LogP contribution >= 0.6 is 0 Å². The second-order valence-corrected chi connectivity index (χ2v) is 4.20. The summed E-state index contributed by atoms with van der Waals surface area (Å²) >= 11 is 0. The third-order valence-electron chi connectivity index (χ3n) is 3.24. The first-order valence-corrected chi connectivity index (χ1v) is 4.48. The molecule has 0 amide bonds. The normalized spacial score (nSPS) is 37.9. The van der Waals surface area contributed by atoms with Crippen molar-refractivity contribution >= 4 is 0 Å². The number of hydroxylamine groups is 2. The number of nitrogens with zero attached hydrogens (tertiary/aromatic N) is 1. The van der Waals surface area contributed by atoms with Gasteiger partial charge in [-0.25, -0.2) is 0 Å². The second-order valence-electron chi connectivity index (χ2n) is 4.20. The lowest BCUT2D eigenvalue weighted by Gasteiger charge is -2.31. The molecule has 2 unspecified atom stereocenters. The molecule has 66 valence electrons. The standard InChI is InChI=1S/C9H19NO/c1-5-8-6-7(2)9(3,4)10(8)11/h7-8,11H,5-6H2,1-4H3. The van der Waals surface area contributed by atoms with E-state index in [0.29, 0.717) is 12.0 Å². The molecule has 1 N–H and O–H groups in total. The molecule has 2 nitrogen and oxygen atoms in total. The number of hydrogen-bond donors (Lipinski definition) is 1. The third kappa shape index (κ3) is 1.30. The molecule has 1 rings (SSSR count). The van der Waals surface area contributed by atoms with E-state index in [9.17, 15) is 5.21 Å². The molecule has 0 radical (unpaired) electrons. The van der Waals surface area contributed by atoms with Crippen LogP contribution in [0.25, 0.3) is 0 Å². The second kappa shape index (κ2) is 2.76. The molecular weight excluding hydrogens is 138 g/mol. The lowest BCUT2D eigenvalue weighted by molar-refractivity contribution is -0.170. The van der Waals surface area contributed by atoms with E-state index >= 15 is 0 Å². The van der Waals surface area contributed by atoms with Crippen LogP contribution in [0.1, 0.15) is 40.5 Å². The largest absolute Gasteiger partial charge is 0.313 e. The summed E-state index contributed by atoms with van der Waals surface area (Å²) in [5, 5.41) is 11.3. The minimum absolute atomic E-state index is 0.0271. The van der Waals surface area contributed by atoms with Gasteiger partial charge < -0.3 is 5.21 Å². The van der Waals surface area contributed by atoms with Gasteiger partial charge in [0.2, 0.25) is 0 Å². The first kappa shape index (κ1) is 9.01. The molecule has 0 aliphatic carbocycles. The fourth-order valence-electron chi connectivity index (χ4n) is 1.83. The molecule has 1 heterocycles. The Kier molecular flexibility index (Phi) is 2.26. The van der Waals surface area contributed by atoms with Crippen LogP contribution in [0.5, 0.6) is 0 Å². The minimum atomic E-state index is -0.0271. The maximum absolute atomic E-state index is 9.72. The van der Waals surface area contributed by atoms with Gasteiger partial charge in [-0.1, -0.05) is 13.8 Å². The van der Waals surface area contributed by atoms with Crippen molar-refractivity contribution in [3.8, 4) is 0 Å². The fraction of sp³-hybridized carbons (Fsp3) is 1.00. The van der Waals surface area contributed by atoms with Gasteiger partial charge in [-0.2, -0.15) is 5.06 Å². The molecule has 2 heteroatoms. The predicted octanol–water partition coefficient (Wildman–Crippen LogP) is 2.27. The summed E-state index contributed by atoms with van der Waals surface area (Å²) < 4.78 is 0. The van der Waals surface area contributed by atoms with E-state index in [1.54, 1.807) is 0 Å². The number of hydrogen-bond acceptors (Lipinski definition) is 2. The summed E-state index contributed by atoms with van der Waals surface area (Å²) in [6.45, 7) is 8.54. The lowest BCUT2D eigenvalue weighted by Crippen LogP contribution is -2.42. The molecule has 2 atom stereocenters. The van der Waals surface area contributed by atoms with E-state index in [0.717, 1.165) is 12.8 Å². The van der Waals surface area contributed by atoms with Crippen LogP contribution in [0.3, 0.4) is 0 Å². The Hall–Kier alpha value is -0.0800. The van der Waals surface area contributed by atoms with Crippen molar-refractivity contribution in [2.24, 2.45) is 5.92 Å². The fourth-order valence-corrected chi connectivity index (χ4v) is 1.83. The topological polar surface area (TPSA) is 23.5 Å². The smallest absolute Gasteiger partial charge is 0.0433 e. The van der Waals surface area contributed by atoms with Gasteiger partial charge in [0.05, 0.1) is 0 Å². The Morgan fingerprint density at radius 3 is 2.27 bits per heavy atom. The Labute approximate surface area is 69.2 Å². The molecule has 0 aromatic heterocycles. The van der Waals surface area contributed by atoms with E-state index in [-0.39, 0.29) is 5.54 Å². The van der Waals surface area contributed by atoms with Crippen LogP contribution in [0.15, 0.2) is 0 Å².